The van der Waals surface area contributed by atoms with Gasteiger partial charge in [0.1, 0.15) is 5.82 Å². The van der Waals surface area contributed by atoms with Crippen LogP contribution < -0.4 is 10.2 Å². The zero-order chi connectivity index (χ0) is 22.3. The van der Waals surface area contributed by atoms with E-state index in [9.17, 15) is 4.79 Å². The predicted molar refractivity (Wildman–Crippen MR) is 130 cm³/mol. The van der Waals surface area contributed by atoms with Gasteiger partial charge in [0.05, 0.1) is 24.0 Å². The van der Waals surface area contributed by atoms with Crippen molar-refractivity contribution in [3.63, 3.8) is 0 Å². The highest BCUT2D eigenvalue weighted by atomic mass is 32.2. The standard InChI is InChI=1S/C24H32N6OS/c1-3-19(18-11-7-5-8-12-18)23(31)25-13-16-30-22-20(17-26-30)21(27-24(28-22)32-4-2)29-14-9-6-10-15-29/h5,7-8,11-12,17,19H,3-4,6,9-10,13-16H2,1-2H3,(H,25,31). The summed E-state index contributed by atoms with van der Waals surface area (Å²) in [6.45, 7) is 7.31. The molecule has 0 bridgehead atoms. The van der Waals surface area contributed by atoms with Gasteiger partial charge < -0.3 is 10.2 Å². The van der Waals surface area contributed by atoms with Gasteiger partial charge in [0.15, 0.2) is 10.8 Å². The summed E-state index contributed by atoms with van der Waals surface area (Å²) in [5, 5.41) is 9.48. The molecule has 1 unspecified atom stereocenters. The summed E-state index contributed by atoms with van der Waals surface area (Å²) in [5.41, 5.74) is 1.90. The molecule has 1 aromatic carbocycles. The number of piperidine rings is 1. The van der Waals surface area contributed by atoms with Crippen molar-refractivity contribution in [3.8, 4) is 0 Å². The molecule has 1 aliphatic rings. The van der Waals surface area contributed by atoms with Gasteiger partial charge in [-0.15, -0.1) is 0 Å². The van der Waals surface area contributed by atoms with Crippen LogP contribution in [0.1, 0.15) is 51.0 Å². The Kier molecular flexibility index (Phi) is 7.63. The molecule has 170 valence electrons. The topological polar surface area (TPSA) is 75.9 Å². The second kappa shape index (κ2) is 10.8. The Morgan fingerprint density at radius 3 is 2.62 bits per heavy atom. The Labute approximate surface area is 194 Å². The van der Waals surface area contributed by atoms with Crippen molar-refractivity contribution in [1.82, 2.24) is 25.1 Å². The maximum Gasteiger partial charge on any atom is 0.227 e. The molecule has 2 aromatic heterocycles. The lowest BCUT2D eigenvalue weighted by Gasteiger charge is -2.28. The molecule has 0 spiro atoms. The van der Waals surface area contributed by atoms with Crippen LogP contribution in [0.5, 0.6) is 0 Å². The molecule has 1 fully saturated rings. The van der Waals surface area contributed by atoms with Gasteiger partial charge in [-0.3, -0.25) is 4.79 Å². The lowest BCUT2D eigenvalue weighted by atomic mass is 9.96. The van der Waals surface area contributed by atoms with Crippen LogP contribution in [-0.4, -0.2) is 51.0 Å². The number of thioether (sulfide) groups is 1. The van der Waals surface area contributed by atoms with Gasteiger partial charge in [-0.1, -0.05) is 55.9 Å². The van der Waals surface area contributed by atoms with Crippen molar-refractivity contribution in [2.75, 3.05) is 30.3 Å². The minimum atomic E-state index is -0.133. The first kappa shape index (κ1) is 22.6. The number of rotatable bonds is 9. The fraction of sp³-hybridized carbons (Fsp3) is 0.500. The highest BCUT2D eigenvalue weighted by Gasteiger charge is 2.21. The molecule has 0 saturated carbocycles. The van der Waals surface area contributed by atoms with Crippen molar-refractivity contribution in [3.05, 3.63) is 42.1 Å². The monoisotopic (exact) mass is 452 g/mol. The molecule has 4 rings (SSSR count). The minimum Gasteiger partial charge on any atom is -0.356 e. The lowest BCUT2D eigenvalue weighted by Crippen LogP contribution is -2.32. The highest BCUT2D eigenvalue weighted by Crippen LogP contribution is 2.29. The molecule has 1 N–H and O–H groups in total. The SMILES string of the molecule is CCSc1nc(N2CCCCC2)c2cnn(CCNC(=O)C(CC)c3ccccc3)c2n1. The third-order valence-corrected chi connectivity index (χ3v) is 6.66. The van der Waals surface area contributed by atoms with E-state index in [1.807, 2.05) is 48.1 Å². The number of benzene rings is 1. The number of carbonyl (C=O) groups is 1. The summed E-state index contributed by atoms with van der Waals surface area (Å²) in [5.74, 6) is 1.84. The van der Waals surface area contributed by atoms with E-state index in [-0.39, 0.29) is 11.8 Å². The van der Waals surface area contributed by atoms with Crippen LogP contribution in [0.3, 0.4) is 0 Å². The van der Waals surface area contributed by atoms with E-state index in [1.165, 1.54) is 19.3 Å². The van der Waals surface area contributed by atoms with E-state index in [4.69, 9.17) is 9.97 Å². The molecule has 1 aliphatic heterocycles. The molecule has 1 atom stereocenters. The minimum absolute atomic E-state index is 0.0565. The Morgan fingerprint density at radius 1 is 1.12 bits per heavy atom. The van der Waals surface area contributed by atoms with Gasteiger partial charge in [0, 0.05) is 19.6 Å². The summed E-state index contributed by atoms with van der Waals surface area (Å²) in [6.07, 6.45) is 6.32. The molecule has 7 nitrogen and oxygen atoms in total. The summed E-state index contributed by atoms with van der Waals surface area (Å²) in [4.78, 5) is 24.8. The van der Waals surface area contributed by atoms with E-state index < -0.39 is 0 Å². The lowest BCUT2D eigenvalue weighted by molar-refractivity contribution is -0.122. The maximum absolute atomic E-state index is 12.8. The summed E-state index contributed by atoms with van der Waals surface area (Å²) in [7, 11) is 0. The van der Waals surface area contributed by atoms with Gasteiger partial charge in [-0.25, -0.2) is 14.6 Å². The zero-order valence-electron chi connectivity index (χ0n) is 19.0. The van der Waals surface area contributed by atoms with E-state index in [2.05, 4.69) is 22.2 Å². The fourth-order valence-corrected chi connectivity index (χ4v) is 4.85. The second-order valence-electron chi connectivity index (χ2n) is 8.08. The van der Waals surface area contributed by atoms with Gasteiger partial charge in [-0.05, 0) is 37.0 Å². The number of fused-ring (bicyclic) bond motifs is 1. The predicted octanol–water partition coefficient (Wildman–Crippen LogP) is 4.24. The first-order valence-electron chi connectivity index (χ1n) is 11.6. The van der Waals surface area contributed by atoms with Gasteiger partial charge in [0.25, 0.3) is 0 Å². The zero-order valence-corrected chi connectivity index (χ0v) is 19.8. The van der Waals surface area contributed by atoms with Crippen LogP contribution in [0, 0.1) is 0 Å². The van der Waals surface area contributed by atoms with Gasteiger partial charge in [-0.2, -0.15) is 5.10 Å². The normalized spacial score (nSPS) is 15.1. The van der Waals surface area contributed by atoms with Crippen molar-refractivity contribution < 1.29 is 4.79 Å². The average Bonchev–Trinajstić information content (AvgIpc) is 3.23. The number of amides is 1. The summed E-state index contributed by atoms with van der Waals surface area (Å²) in [6, 6.07) is 9.96. The highest BCUT2D eigenvalue weighted by molar-refractivity contribution is 7.99. The van der Waals surface area contributed by atoms with Crippen molar-refractivity contribution in [2.45, 2.75) is 57.1 Å². The van der Waals surface area contributed by atoms with Crippen LogP contribution in [0.2, 0.25) is 0 Å². The third kappa shape index (κ3) is 5.06. The molecule has 3 aromatic rings. The van der Waals surface area contributed by atoms with E-state index >= 15 is 0 Å². The van der Waals surface area contributed by atoms with E-state index in [0.717, 1.165) is 52.8 Å². The molecule has 3 heterocycles. The Balaban J connectivity index is 1.49. The summed E-state index contributed by atoms with van der Waals surface area (Å²) < 4.78 is 1.90. The quantitative estimate of drug-likeness (QED) is 0.387. The molecule has 0 aliphatic carbocycles. The Bertz CT molecular complexity index is 1030. The Morgan fingerprint density at radius 2 is 1.91 bits per heavy atom. The molecular weight excluding hydrogens is 420 g/mol. The molecule has 1 saturated heterocycles. The second-order valence-corrected chi connectivity index (χ2v) is 9.31. The molecule has 1 amide bonds. The number of hydrogen-bond donors (Lipinski definition) is 1. The Hall–Kier alpha value is -2.61. The van der Waals surface area contributed by atoms with Crippen LogP contribution in [0.4, 0.5) is 5.82 Å². The van der Waals surface area contributed by atoms with E-state index in [0.29, 0.717) is 13.1 Å². The summed E-state index contributed by atoms with van der Waals surface area (Å²) >= 11 is 1.65. The van der Waals surface area contributed by atoms with Crippen LogP contribution in [0.25, 0.3) is 11.0 Å². The van der Waals surface area contributed by atoms with Crippen LogP contribution in [-0.2, 0) is 11.3 Å². The fourth-order valence-electron chi connectivity index (χ4n) is 4.29. The van der Waals surface area contributed by atoms with Crippen molar-refractivity contribution >= 4 is 34.5 Å². The number of nitrogens with zero attached hydrogens (tertiary/aromatic N) is 5. The van der Waals surface area contributed by atoms with Crippen LogP contribution >= 0.6 is 11.8 Å². The first-order chi connectivity index (χ1) is 15.7. The van der Waals surface area contributed by atoms with E-state index in [1.54, 1.807) is 11.8 Å². The van der Waals surface area contributed by atoms with Gasteiger partial charge >= 0.3 is 0 Å². The van der Waals surface area contributed by atoms with Crippen LogP contribution in [0.15, 0.2) is 41.7 Å². The number of nitrogens with one attached hydrogen (secondary N) is 1. The average molecular weight is 453 g/mol. The number of anilines is 1. The molecule has 0 radical (unpaired) electrons. The number of carbonyl (C=O) groups excluding carboxylic acids is 1. The smallest absolute Gasteiger partial charge is 0.227 e. The van der Waals surface area contributed by atoms with Crippen molar-refractivity contribution in [1.29, 1.82) is 0 Å². The maximum atomic E-state index is 12.8. The molecule has 8 heteroatoms. The first-order valence-corrected chi connectivity index (χ1v) is 12.6. The van der Waals surface area contributed by atoms with Crippen molar-refractivity contribution in [2.24, 2.45) is 0 Å². The number of hydrogen-bond acceptors (Lipinski definition) is 6. The number of aromatic nitrogens is 4. The largest absolute Gasteiger partial charge is 0.356 e. The molecular formula is C24H32N6OS. The van der Waals surface area contributed by atoms with Gasteiger partial charge in [0.2, 0.25) is 5.91 Å². The molecule has 32 heavy (non-hydrogen) atoms. The third-order valence-electron chi connectivity index (χ3n) is 5.93.